The van der Waals surface area contributed by atoms with Crippen LogP contribution in [-0.2, 0) is 20.8 Å². The number of nitrogens with zero attached hydrogens (tertiary/aromatic N) is 2. The number of rotatable bonds is 4. The molecule has 4 rings (SSSR count). The van der Waals surface area contributed by atoms with E-state index in [-0.39, 0.29) is 23.7 Å². The van der Waals surface area contributed by atoms with Crippen LogP contribution in [0, 0.1) is 5.41 Å². The Hall–Kier alpha value is -2.36. The molecule has 1 spiro atoms. The molecule has 8 nitrogen and oxygen atoms in total. The molecular weight excluding hydrogens is 490 g/mol. The first kappa shape index (κ1) is 27.7. The third kappa shape index (κ3) is 6.38. The third-order valence-electron chi connectivity index (χ3n) is 7.23. The molecule has 2 heterocycles. The Morgan fingerprint density at radius 2 is 1.78 bits per heavy atom. The molecule has 1 aromatic carbocycles. The second-order valence-electron chi connectivity index (χ2n) is 12.2. The maximum Gasteiger partial charge on any atom is 0.410 e. The van der Waals surface area contributed by atoms with E-state index in [4.69, 9.17) is 9.47 Å². The van der Waals surface area contributed by atoms with Gasteiger partial charge in [0.1, 0.15) is 16.5 Å². The number of carbonyl (C=O) groups excluding carboxylic acids is 2. The minimum absolute atomic E-state index is 0.105. The summed E-state index contributed by atoms with van der Waals surface area (Å²) >= 11 is -1.28. The van der Waals surface area contributed by atoms with Gasteiger partial charge in [0.15, 0.2) is 5.69 Å². The summed E-state index contributed by atoms with van der Waals surface area (Å²) in [6, 6.07) is 9.39. The molecule has 202 valence electrons. The zero-order chi connectivity index (χ0) is 27.0. The highest BCUT2D eigenvalue weighted by atomic mass is 32.2. The van der Waals surface area contributed by atoms with Crippen LogP contribution in [0.1, 0.15) is 77.7 Å². The zero-order valence-electron chi connectivity index (χ0n) is 22.7. The smallest absolute Gasteiger partial charge is 0.410 e. The highest BCUT2D eigenvalue weighted by Crippen LogP contribution is 2.48. The molecule has 9 heteroatoms. The summed E-state index contributed by atoms with van der Waals surface area (Å²) in [6.07, 6.45) is 3.61. The SMILES string of the molecule is CC(C)(C)OC(=O)N1CCC2(CC1)C[C@H](OC(=O)c1nccc3ccccc13)C[C@H]2N[S+]([O-])C(C)(C)C. The molecule has 37 heavy (non-hydrogen) atoms. The van der Waals surface area contributed by atoms with E-state index in [1.807, 2.05) is 71.9 Å². The summed E-state index contributed by atoms with van der Waals surface area (Å²) in [4.78, 5) is 31.9. The first-order chi connectivity index (χ1) is 17.3. The van der Waals surface area contributed by atoms with Crippen molar-refractivity contribution in [3.05, 3.63) is 42.2 Å². The lowest BCUT2D eigenvalue weighted by atomic mass is 9.74. The predicted octanol–water partition coefficient (Wildman–Crippen LogP) is 4.99. The van der Waals surface area contributed by atoms with Gasteiger partial charge in [-0.1, -0.05) is 24.3 Å². The van der Waals surface area contributed by atoms with Crippen LogP contribution in [0.5, 0.6) is 0 Å². The molecule has 0 bridgehead atoms. The Kier molecular flexibility index (Phi) is 7.79. The van der Waals surface area contributed by atoms with Crippen molar-refractivity contribution in [3.63, 3.8) is 0 Å². The number of piperidine rings is 1. The average molecular weight is 530 g/mol. The van der Waals surface area contributed by atoms with Gasteiger partial charge >= 0.3 is 12.1 Å². The number of hydrogen-bond donors (Lipinski definition) is 1. The monoisotopic (exact) mass is 529 g/mol. The van der Waals surface area contributed by atoms with Crippen molar-refractivity contribution in [1.82, 2.24) is 14.6 Å². The number of benzene rings is 1. The second-order valence-corrected chi connectivity index (χ2v) is 14.2. The number of aromatic nitrogens is 1. The van der Waals surface area contributed by atoms with Gasteiger partial charge in [0.05, 0.1) is 6.04 Å². The number of likely N-dealkylation sites (tertiary alicyclic amines) is 1. The van der Waals surface area contributed by atoms with Crippen LogP contribution in [0.4, 0.5) is 4.79 Å². The van der Waals surface area contributed by atoms with Crippen LogP contribution in [0.2, 0.25) is 0 Å². The number of nitrogens with one attached hydrogen (secondary N) is 1. The van der Waals surface area contributed by atoms with Crippen molar-refractivity contribution in [1.29, 1.82) is 0 Å². The Morgan fingerprint density at radius 1 is 1.11 bits per heavy atom. The molecule has 1 unspecified atom stereocenters. The quantitative estimate of drug-likeness (QED) is 0.439. The molecule has 1 amide bonds. The van der Waals surface area contributed by atoms with Crippen LogP contribution < -0.4 is 4.72 Å². The highest BCUT2D eigenvalue weighted by molar-refractivity contribution is 7.90. The fraction of sp³-hybridized carbons (Fsp3) is 0.607. The molecule has 0 radical (unpaired) electrons. The molecular formula is C28H39N3O5S. The maximum atomic E-state index is 13.2. The second kappa shape index (κ2) is 10.4. The number of fused-ring (bicyclic) bond motifs is 1. The highest BCUT2D eigenvalue weighted by Gasteiger charge is 2.53. The van der Waals surface area contributed by atoms with E-state index in [1.165, 1.54) is 0 Å². The maximum absolute atomic E-state index is 13.2. The average Bonchev–Trinajstić information content (AvgIpc) is 3.12. The van der Waals surface area contributed by atoms with E-state index in [9.17, 15) is 14.1 Å². The molecule has 2 aromatic rings. The summed E-state index contributed by atoms with van der Waals surface area (Å²) in [5, 5.41) is 1.69. The van der Waals surface area contributed by atoms with Gasteiger partial charge in [-0.05, 0) is 77.7 Å². The van der Waals surface area contributed by atoms with Crippen molar-refractivity contribution < 1.29 is 23.6 Å². The van der Waals surface area contributed by atoms with Crippen molar-refractivity contribution in [2.24, 2.45) is 5.41 Å². The first-order valence-corrected chi connectivity index (χ1v) is 14.1. The van der Waals surface area contributed by atoms with Gasteiger partial charge in [0.2, 0.25) is 0 Å². The van der Waals surface area contributed by atoms with E-state index in [0.717, 1.165) is 10.8 Å². The lowest BCUT2D eigenvalue weighted by molar-refractivity contribution is 0.00493. The summed E-state index contributed by atoms with van der Waals surface area (Å²) in [5.41, 5.74) is -0.486. The lowest BCUT2D eigenvalue weighted by Crippen LogP contribution is -2.54. The van der Waals surface area contributed by atoms with Crippen molar-refractivity contribution in [3.8, 4) is 0 Å². The van der Waals surface area contributed by atoms with Crippen LogP contribution in [0.15, 0.2) is 36.5 Å². The summed E-state index contributed by atoms with van der Waals surface area (Å²) in [7, 11) is 0. The molecule has 1 aliphatic carbocycles. The van der Waals surface area contributed by atoms with Crippen molar-refractivity contribution in [2.45, 2.75) is 89.7 Å². The van der Waals surface area contributed by atoms with Crippen molar-refractivity contribution in [2.75, 3.05) is 13.1 Å². The van der Waals surface area contributed by atoms with Gasteiger partial charge < -0.3 is 18.9 Å². The van der Waals surface area contributed by atoms with E-state index in [2.05, 4.69) is 9.71 Å². The number of amides is 1. The molecule has 2 aliphatic rings. The van der Waals surface area contributed by atoms with Gasteiger partial charge in [-0.25, -0.2) is 14.6 Å². The molecule has 1 aliphatic heterocycles. The predicted molar refractivity (Wildman–Crippen MR) is 144 cm³/mol. The molecule has 1 saturated heterocycles. The number of esters is 1. The Balaban J connectivity index is 1.50. The first-order valence-electron chi connectivity index (χ1n) is 13.0. The van der Waals surface area contributed by atoms with Gasteiger partial charge in [0, 0.05) is 42.5 Å². The molecule has 3 atom stereocenters. The van der Waals surface area contributed by atoms with E-state index >= 15 is 0 Å². The van der Waals surface area contributed by atoms with Crippen LogP contribution in [0.3, 0.4) is 0 Å². The van der Waals surface area contributed by atoms with Crippen LogP contribution in [0.25, 0.3) is 10.8 Å². The summed E-state index contributed by atoms with van der Waals surface area (Å²) < 4.78 is 27.6. The molecule has 1 aromatic heterocycles. The van der Waals surface area contributed by atoms with Gasteiger partial charge in [-0.2, -0.15) is 0 Å². The van der Waals surface area contributed by atoms with E-state index in [0.29, 0.717) is 44.5 Å². The number of ether oxygens (including phenoxy) is 2. The third-order valence-corrected chi connectivity index (χ3v) is 8.84. The van der Waals surface area contributed by atoms with E-state index in [1.54, 1.807) is 11.1 Å². The zero-order valence-corrected chi connectivity index (χ0v) is 23.5. The summed E-state index contributed by atoms with van der Waals surface area (Å²) in [6.45, 7) is 12.5. The Labute approximate surface area is 222 Å². The minimum atomic E-state index is -1.28. The normalized spacial score (nSPS) is 22.7. The van der Waals surface area contributed by atoms with Gasteiger partial charge in [0.25, 0.3) is 0 Å². The fourth-order valence-corrected chi connectivity index (χ4v) is 6.22. The lowest BCUT2D eigenvalue weighted by Gasteiger charge is -2.43. The number of hydrogen-bond acceptors (Lipinski definition) is 7. The minimum Gasteiger partial charge on any atom is -0.598 e. The molecule has 1 saturated carbocycles. The van der Waals surface area contributed by atoms with Crippen LogP contribution in [-0.4, -0.2) is 62.1 Å². The van der Waals surface area contributed by atoms with Gasteiger partial charge in [-0.3, -0.25) is 0 Å². The Morgan fingerprint density at radius 3 is 2.43 bits per heavy atom. The fourth-order valence-electron chi connectivity index (χ4n) is 5.26. The molecule has 2 fully saturated rings. The molecule has 1 N–H and O–H groups in total. The number of carbonyl (C=O) groups is 2. The largest absolute Gasteiger partial charge is 0.598 e. The van der Waals surface area contributed by atoms with Crippen molar-refractivity contribution >= 4 is 34.2 Å². The Bertz CT molecular complexity index is 1130. The van der Waals surface area contributed by atoms with Crippen LogP contribution >= 0.6 is 0 Å². The standard InChI is InChI=1S/C28H39N3O5S/c1-26(2,3)36-25(33)31-15-12-28(13-16-31)18-20(17-22(28)30-37(34)27(4,5)6)35-24(32)23-21-10-8-7-9-19(21)11-14-29-23/h7-11,14,20,22,30H,12-13,15-18H2,1-6H3/t20-,22-,37?/m1/s1. The van der Waals surface area contributed by atoms with Gasteiger partial charge in [-0.15, -0.1) is 4.72 Å². The summed E-state index contributed by atoms with van der Waals surface area (Å²) in [5.74, 6) is -0.444. The topological polar surface area (TPSA) is 104 Å². The van der Waals surface area contributed by atoms with E-state index < -0.39 is 27.7 Å². The number of pyridine rings is 1.